The summed E-state index contributed by atoms with van der Waals surface area (Å²) in [6, 6.07) is 4.26. The number of rotatable bonds is 2. The molecule has 1 aliphatic carbocycles. The maximum Gasteiger partial charge on any atom is 0.133 e. The third-order valence-corrected chi connectivity index (χ3v) is 5.14. The lowest BCUT2D eigenvalue weighted by molar-refractivity contribution is 0.932. The van der Waals surface area contributed by atoms with Crippen molar-refractivity contribution in [3.63, 3.8) is 0 Å². The van der Waals surface area contributed by atoms with Gasteiger partial charge in [0.1, 0.15) is 10.7 Å². The number of nitrogens with zero attached hydrogens (tertiary/aromatic N) is 2. The Morgan fingerprint density at radius 3 is 2.83 bits per heavy atom. The van der Waals surface area contributed by atoms with Crippen molar-refractivity contribution in [2.24, 2.45) is 0 Å². The summed E-state index contributed by atoms with van der Waals surface area (Å²) in [6.45, 7) is 2.11. The molecule has 1 aliphatic rings. The smallest absolute Gasteiger partial charge is 0.133 e. The number of fused-ring (bicyclic) bond motifs is 1. The van der Waals surface area contributed by atoms with Gasteiger partial charge in [0.15, 0.2) is 0 Å². The van der Waals surface area contributed by atoms with Crippen LogP contribution in [0, 0.1) is 6.92 Å². The van der Waals surface area contributed by atoms with Crippen LogP contribution in [0.4, 0.5) is 0 Å². The minimum absolute atomic E-state index is 0.625. The largest absolute Gasteiger partial charge is 0.237 e. The van der Waals surface area contributed by atoms with Crippen molar-refractivity contribution in [3.8, 4) is 10.4 Å². The van der Waals surface area contributed by atoms with Gasteiger partial charge in [0.2, 0.25) is 0 Å². The molecule has 2 nitrogen and oxygen atoms in total. The van der Waals surface area contributed by atoms with Crippen molar-refractivity contribution in [3.05, 3.63) is 34.4 Å². The molecule has 0 atom stereocenters. The van der Waals surface area contributed by atoms with Crippen LogP contribution in [0.3, 0.4) is 0 Å². The predicted octanol–water partition coefficient (Wildman–Crippen LogP) is 4.61. The fourth-order valence-corrected chi connectivity index (χ4v) is 4.09. The number of hydrogen-bond donors (Lipinski definition) is 0. The number of thiophene rings is 2. The van der Waals surface area contributed by atoms with Gasteiger partial charge in [0, 0.05) is 27.1 Å². The maximum atomic E-state index is 4.74. The Morgan fingerprint density at radius 1 is 1.22 bits per heavy atom. The van der Waals surface area contributed by atoms with E-state index in [1.54, 1.807) is 22.7 Å². The van der Waals surface area contributed by atoms with E-state index in [4.69, 9.17) is 9.97 Å². The van der Waals surface area contributed by atoms with Gasteiger partial charge in [-0.25, -0.2) is 9.97 Å². The van der Waals surface area contributed by atoms with E-state index in [9.17, 15) is 0 Å². The zero-order chi connectivity index (χ0) is 12.1. The van der Waals surface area contributed by atoms with Crippen LogP contribution in [-0.4, -0.2) is 9.97 Å². The fourth-order valence-electron chi connectivity index (χ4n) is 2.27. The van der Waals surface area contributed by atoms with E-state index < -0.39 is 0 Å². The summed E-state index contributed by atoms with van der Waals surface area (Å²) in [6.07, 6.45) is 2.52. The average Bonchev–Trinajstić information content (AvgIpc) is 2.90. The summed E-state index contributed by atoms with van der Waals surface area (Å²) in [5.41, 5.74) is 2.43. The Balaban J connectivity index is 1.96. The Hall–Kier alpha value is -1.26. The molecule has 1 fully saturated rings. The van der Waals surface area contributed by atoms with Crippen molar-refractivity contribution < 1.29 is 0 Å². The van der Waals surface area contributed by atoms with Crippen molar-refractivity contribution in [2.75, 3.05) is 0 Å². The molecule has 3 aromatic heterocycles. The number of aromatic nitrogens is 2. The highest BCUT2D eigenvalue weighted by Gasteiger charge is 2.27. The highest BCUT2D eigenvalue weighted by atomic mass is 32.1. The lowest BCUT2D eigenvalue weighted by Gasteiger charge is -2.02. The number of hydrogen-bond acceptors (Lipinski definition) is 4. The van der Waals surface area contributed by atoms with Gasteiger partial charge in [0.05, 0.1) is 5.69 Å². The van der Waals surface area contributed by atoms with Gasteiger partial charge in [0.25, 0.3) is 0 Å². The molecule has 4 rings (SSSR count). The predicted molar refractivity (Wildman–Crippen MR) is 77.4 cm³/mol. The van der Waals surface area contributed by atoms with Crippen molar-refractivity contribution in [1.29, 1.82) is 0 Å². The molecular formula is C14H12N2S2. The summed E-state index contributed by atoms with van der Waals surface area (Å²) in [5.74, 6) is 1.68. The zero-order valence-corrected chi connectivity index (χ0v) is 11.6. The van der Waals surface area contributed by atoms with Crippen LogP contribution in [0.1, 0.15) is 30.3 Å². The fraction of sp³-hybridized carbons (Fsp3) is 0.286. The van der Waals surface area contributed by atoms with E-state index in [0.717, 1.165) is 16.3 Å². The van der Waals surface area contributed by atoms with Gasteiger partial charge >= 0.3 is 0 Å². The molecule has 4 heteroatoms. The molecule has 0 bridgehead atoms. The van der Waals surface area contributed by atoms with E-state index in [2.05, 4.69) is 29.8 Å². The van der Waals surface area contributed by atoms with Crippen LogP contribution in [0.5, 0.6) is 0 Å². The second-order valence-corrected chi connectivity index (χ2v) is 6.55. The zero-order valence-electron chi connectivity index (χ0n) is 10.0. The minimum Gasteiger partial charge on any atom is -0.237 e. The second kappa shape index (κ2) is 3.87. The summed E-state index contributed by atoms with van der Waals surface area (Å²) < 4.78 is 0. The average molecular weight is 272 g/mol. The van der Waals surface area contributed by atoms with E-state index in [1.807, 2.05) is 0 Å². The third-order valence-electron chi connectivity index (χ3n) is 3.36. The van der Waals surface area contributed by atoms with E-state index >= 15 is 0 Å². The lowest BCUT2D eigenvalue weighted by Crippen LogP contribution is -1.95. The summed E-state index contributed by atoms with van der Waals surface area (Å²) in [7, 11) is 0. The van der Waals surface area contributed by atoms with Crippen molar-refractivity contribution in [2.45, 2.75) is 25.7 Å². The Labute approximate surface area is 113 Å². The minimum atomic E-state index is 0.625. The first kappa shape index (κ1) is 10.6. The first-order chi connectivity index (χ1) is 8.83. The summed E-state index contributed by atoms with van der Waals surface area (Å²) in [5, 5.41) is 5.58. The highest BCUT2D eigenvalue weighted by Crippen LogP contribution is 2.41. The standard InChI is InChI=1S/C14H12N2S2/c1-8-12-10(11-3-2-6-17-11)7-18-14(12)16-13(15-8)9-4-5-9/h2-3,6-7,9H,4-5H2,1H3. The molecule has 18 heavy (non-hydrogen) atoms. The van der Waals surface area contributed by atoms with E-state index in [1.165, 1.54) is 28.7 Å². The molecule has 3 aromatic rings. The third kappa shape index (κ3) is 1.60. The van der Waals surface area contributed by atoms with Crippen LogP contribution >= 0.6 is 22.7 Å². The topological polar surface area (TPSA) is 25.8 Å². The molecule has 1 saturated carbocycles. The van der Waals surface area contributed by atoms with Gasteiger partial charge in [-0.2, -0.15) is 0 Å². The van der Waals surface area contributed by atoms with Crippen molar-refractivity contribution >= 4 is 32.9 Å². The van der Waals surface area contributed by atoms with Gasteiger partial charge in [-0.05, 0) is 31.2 Å². The molecule has 0 spiro atoms. The molecule has 0 amide bonds. The lowest BCUT2D eigenvalue weighted by atomic mass is 10.1. The highest BCUT2D eigenvalue weighted by molar-refractivity contribution is 7.18. The first-order valence-electron chi connectivity index (χ1n) is 6.12. The molecule has 3 heterocycles. The Kier molecular flexibility index (Phi) is 2.29. The van der Waals surface area contributed by atoms with E-state index in [-0.39, 0.29) is 0 Å². The maximum absolute atomic E-state index is 4.74. The molecule has 90 valence electrons. The van der Waals surface area contributed by atoms with Crippen LogP contribution < -0.4 is 0 Å². The van der Waals surface area contributed by atoms with Gasteiger partial charge in [-0.1, -0.05) is 6.07 Å². The normalized spacial score (nSPS) is 15.4. The summed E-state index contributed by atoms with van der Waals surface area (Å²) >= 11 is 3.52. The molecular weight excluding hydrogens is 260 g/mol. The van der Waals surface area contributed by atoms with Crippen LogP contribution in [-0.2, 0) is 0 Å². The SMILES string of the molecule is Cc1nc(C2CC2)nc2scc(-c3cccs3)c12. The molecule has 0 aliphatic heterocycles. The first-order valence-corrected chi connectivity index (χ1v) is 7.88. The van der Waals surface area contributed by atoms with Crippen LogP contribution in [0.25, 0.3) is 20.7 Å². The monoisotopic (exact) mass is 272 g/mol. The van der Waals surface area contributed by atoms with Gasteiger partial charge < -0.3 is 0 Å². The molecule has 0 radical (unpaired) electrons. The van der Waals surface area contributed by atoms with Crippen LogP contribution in [0.2, 0.25) is 0 Å². The van der Waals surface area contributed by atoms with Gasteiger partial charge in [-0.15, -0.1) is 22.7 Å². The molecule has 0 saturated heterocycles. The number of aryl methyl sites for hydroxylation is 1. The van der Waals surface area contributed by atoms with E-state index in [0.29, 0.717) is 5.92 Å². The Morgan fingerprint density at radius 2 is 2.11 bits per heavy atom. The molecule has 0 N–H and O–H groups in total. The van der Waals surface area contributed by atoms with Crippen molar-refractivity contribution in [1.82, 2.24) is 9.97 Å². The Bertz CT molecular complexity index is 709. The van der Waals surface area contributed by atoms with Crippen LogP contribution in [0.15, 0.2) is 22.9 Å². The molecule has 0 unspecified atom stereocenters. The summed E-state index contributed by atoms with van der Waals surface area (Å²) in [4.78, 5) is 11.9. The second-order valence-electron chi connectivity index (χ2n) is 4.75. The molecule has 0 aromatic carbocycles. The van der Waals surface area contributed by atoms with Gasteiger partial charge in [-0.3, -0.25) is 0 Å². The quantitative estimate of drug-likeness (QED) is 0.681.